The number of rotatable bonds is 6. The maximum absolute atomic E-state index is 12.4. The molecule has 0 saturated carbocycles. The first-order valence-corrected chi connectivity index (χ1v) is 9.56. The van der Waals surface area contributed by atoms with Crippen molar-refractivity contribution in [2.24, 2.45) is 0 Å². The van der Waals surface area contributed by atoms with Crippen LogP contribution in [0.5, 0.6) is 5.75 Å². The summed E-state index contributed by atoms with van der Waals surface area (Å²) in [7, 11) is -0.931. The highest BCUT2D eigenvalue weighted by molar-refractivity contribution is 7.89. The third-order valence-electron chi connectivity index (χ3n) is 3.64. The molecule has 8 heteroatoms. The number of benzene rings is 2. The van der Waals surface area contributed by atoms with E-state index in [2.05, 4.69) is 0 Å². The lowest BCUT2D eigenvalue weighted by Crippen LogP contribution is -2.22. The van der Waals surface area contributed by atoms with E-state index < -0.39 is 16.0 Å². The molecule has 0 heterocycles. The van der Waals surface area contributed by atoms with Crippen molar-refractivity contribution in [3.8, 4) is 5.75 Å². The molecule has 138 valence electrons. The Bertz CT molecular complexity index is 937. The molecule has 0 aliphatic heterocycles. The van der Waals surface area contributed by atoms with Gasteiger partial charge in [0.25, 0.3) is 0 Å². The molecule has 0 atom stereocenters. The van der Waals surface area contributed by atoms with Crippen molar-refractivity contribution in [3.05, 3.63) is 58.6 Å². The number of Topliss-reactive ketones (excluding diaryl/α,β-unsaturated/α-hetero) is 1. The first-order valence-electron chi connectivity index (χ1n) is 7.74. The van der Waals surface area contributed by atoms with Crippen LogP contribution >= 0.6 is 11.6 Å². The SMILES string of the molecule is CCC(=O)c1ccc(OC(=O)c2cc(S(=O)(=O)N(C)C)ccc2Cl)cc1. The summed E-state index contributed by atoms with van der Waals surface area (Å²) in [6.07, 6.45) is 0.377. The minimum atomic E-state index is -3.71. The average Bonchev–Trinajstić information content (AvgIpc) is 2.61. The van der Waals surface area contributed by atoms with Gasteiger partial charge in [0.2, 0.25) is 10.0 Å². The lowest BCUT2D eigenvalue weighted by molar-refractivity contribution is 0.0734. The molecule has 0 radical (unpaired) electrons. The van der Waals surface area contributed by atoms with Gasteiger partial charge < -0.3 is 4.74 Å². The number of nitrogens with zero attached hydrogens (tertiary/aromatic N) is 1. The van der Waals surface area contributed by atoms with Crippen LogP contribution in [0.15, 0.2) is 47.4 Å². The van der Waals surface area contributed by atoms with Crippen LogP contribution in [0.4, 0.5) is 0 Å². The second-order valence-electron chi connectivity index (χ2n) is 5.62. The largest absolute Gasteiger partial charge is 0.423 e. The van der Waals surface area contributed by atoms with Gasteiger partial charge in [-0.05, 0) is 42.5 Å². The van der Waals surface area contributed by atoms with Crippen molar-refractivity contribution >= 4 is 33.4 Å². The summed E-state index contributed by atoms with van der Waals surface area (Å²) in [5.74, 6) is -0.590. The van der Waals surface area contributed by atoms with E-state index >= 15 is 0 Å². The molecule has 6 nitrogen and oxygen atoms in total. The lowest BCUT2D eigenvalue weighted by Gasteiger charge is -2.13. The van der Waals surface area contributed by atoms with Gasteiger partial charge in [0.15, 0.2) is 5.78 Å². The van der Waals surface area contributed by atoms with Crippen molar-refractivity contribution in [3.63, 3.8) is 0 Å². The summed E-state index contributed by atoms with van der Waals surface area (Å²) < 4.78 is 30.7. The van der Waals surface area contributed by atoms with Gasteiger partial charge in [-0.2, -0.15) is 0 Å². The van der Waals surface area contributed by atoms with Crippen molar-refractivity contribution < 1.29 is 22.7 Å². The van der Waals surface area contributed by atoms with Crippen molar-refractivity contribution in [2.45, 2.75) is 18.2 Å². The Balaban J connectivity index is 2.28. The number of hydrogen-bond donors (Lipinski definition) is 0. The molecule has 0 spiro atoms. The van der Waals surface area contributed by atoms with E-state index in [0.717, 1.165) is 4.31 Å². The monoisotopic (exact) mass is 395 g/mol. The van der Waals surface area contributed by atoms with Crippen molar-refractivity contribution in [1.29, 1.82) is 0 Å². The molecule has 2 aromatic carbocycles. The van der Waals surface area contributed by atoms with Crippen LogP contribution in [0.1, 0.15) is 34.1 Å². The van der Waals surface area contributed by atoms with Crippen LogP contribution in [0, 0.1) is 0 Å². The molecule has 0 saturated heterocycles. The number of sulfonamides is 1. The minimum absolute atomic E-state index is 0.0208. The first kappa shape index (κ1) is 20.1. The number of carbonyl (C=O) groups excluding carboxylic acids is 2. The van der Waals surface area contributed by atoms with Gasteiger partial charge in [0.1, 0.15) is 5.75 Å². The van der Waals surface area contributed by atoms with Crippen LogP contribution < -0.4 is 4.74 Å². The maximum atomic E-state index is 12.4. The Labute approximate surface area is 157 Å². The standard InChI is InChI=1S/C18H18ClNO5S/c1-4-17(21)12-5-7-13(8-6-12)25-18(22)15-11-14(9-10-16(15)19)26(23,24)20(2)3/h5-11H,4H2,1-3H3. The Morgan fingerprint density at radius 2 is 1.69 bits per heavy atom. The molecule has 2 aromatic rings. The topological polar surface area (TPSA) is 80.8 Å². The van der Waals surface area contributed by atoms with Gasteiger partial charge in [-0.25, -0.2) is 17.5 Å². The van der Waals surface area contributed by atoms with E-state index in [-0.39, 0.29) is 27.0 Å². The molecule has 0 aliphatic rings. The molecule has 0 fully saturated rings. The molecule has 0 N–H and O–H groups in total. The van der Waals surface area contributed by atoms with E-state index in [1.54, 1.807) is 19.1 Å². The van der Waals surface area contributed by atoms with Gasteiger partial charge >= 0.3 is 5.97 Å². The molecule has 26 heavy (non-hydrogen) atoms. The average molecular weight is 396 g/mol. The van der Waals surface area contributed by atoms with Crippen LogP contribution in [0.25, 0.3) is 0 Å². The second kappa shape index (κ2) is 7.99. The van der Waals surface area contributed by atoms with Crippen LogP contribution in [-0.2, 0) is 10.0 Å². The minimum Gasteiger partial charge on any atom is -0.423 e. The van der Waals surface area contributed by atoms with Crippen molar-refractivity contribution in [2.75, 3.05) is 14.1 Å². The third-order valence-corrected chi connectivity index (χ3v) is 5.78. The fourth-order valence-corrected chi connectivity index (χ4v) is 3.23. The molecule has 0 unspecified atom stereocenters. The van der Waals surface area contributed by atoms with Gasteiger partial charge in [-0.3, -0.25) is 4.79 Å². The van der Waals surface area contributed by atoms with Crippen LogP contribution in [0.2, 0.25) is 5.02 Å². The summed E-state index contributed by atoms with van der Waals surface area (Å²) in [6, 6.07) is 9.93. The summed E-state index contributed by atoms with van der Waals surface area (Å²) in [6.45, 7) is 1.76. The zero-order valence-corrected chi connectivity index (χ0v) is 16.1. The zero-order valence-electron chi connectivity index (χ0n) is 14.5. The molecule has 0 amide bonds. The highest BCUT2D eigenvalue weighted by Crippen LogP contribution is 2.24. The number of ether oxygens (including phenoxy) is 1. The molecule has 0 bridgehead atoms. The predicted molar refractivity (Wildman–Crippen MR) is 98.3 cm³/mol. The molecule has 0 aromatic heterocycles. The van der Waals surface area contributed by atoms with Crippen LogP contribution in [-0.4, -0.2) is 38.6 Å². The predicted octanol–water partition coefficient (Wildman–Crippen LogP) is 3.40. The maximum Gasteiger partial charge on any atom is 0.345 e. The number of hydrogen-bond acceptors (Lipinski definition) is 5. The Morgan fingerprint density at radius 1 is 1.08 bits per heavy atom. The van der Waals surface area contributed by atoms with E-state index in [1.807, 2.05) is 0 Å². The smallest absolute Gasteiger partial charge is 0.345 e. The summed E-state index contributed by atoms with van der Waals surface area (Å²) in [4.78, 5) is 23.9. The fraction of sp³-hybridized carbons (Fsp3) is 0.222. The van der Waals surface area contributed by atoms with E-state index in [0.29, 0.717) is 12.0 Å². The Kier molecular flexibility index (Phi) is 6.17. The molecule has 2 rings (SSSR count). The van der Waals surface area contributed by atoms with Crippen LogP contribution in [0.3, 0.4) is 0 Å². The molecular weight excluding hydrogens is 378 g/mol. The van der Waals surface area contributed by atoms with E-state index in [4.69, 9.17) is 16.3 Å². The first-order chi connectivity index (χ1) is 12.2. The summed E-state index contributed by atoms with van der Waals surface area (Å²) in [5.41, 5.74) is 0.452. The highest BCUT2D eigenvalue weighted by atomic mass is 35.5. The number of esters is 1. The fourth-order valence-electron chi connectivity index (χ4n) is 2.11. The zero-order chi connectivity index (χ0) is 19.5. The number of carbonyl (C=O) groups is 2. The lowest BCUT2D eigenvalue weighted by atomic mass is 10.1. The molecular formula is C18H18ClNO5S. The third kappa shape index (κ3) is 4.30. The quantitative estimate of drug-likeness (QED) is 0.425. The van der Waals surface area contributed by atoms with Gasteiger partial charge in [-0.1, -0.05) is 18.5 Å². The van der Waals surface area contributed by atoms with Gasteiger partial charge in [0.05, 0.1) is 15.5 Å². The number of halogens is 1. The van der Waals surface area contributed by atoms with E-state index in [1.165, 1.54) is 44.4 Å². The highest BCUT2D eigenvalue weighted by Gasteiger charge is 2.21. The van der Waals surface area contributed by atoms with Gasteiger partial charge in [0, 0.05) is 26.1 Å². The molecule has 0 aliphatic carbocycles. The Hall–Kier alpha value is -2.22. The summed E-state index contributed by atoms with van der Waals surface area (Å²) >= 11 is 6.02. The normalized spacial score (nSPS) is 11.4. The number of ketones is 1. The second-order valence-corrected chi connectivity index (χ2v) is 8.18. The van der Waals surface area contributed by atoms with Crippen molar-refractivity contribution in [1.82, 2.24) is 4.31 Å². The van der Waals surface area contributed by atoms with E-state index in [9.17, 15) is 18.0 Å². The van der Waals surface area contributed by atoms with Gasteiger partial charge in [-0.15, -0.1) is 0 Å². The Morgan fingerprint density at radius 3 is 2.23 bits per heavy atom. The summed E-state index contributed by atoms with van der Waals surface area (Å²) in [5, 5.41) is 0.0745.